The van der Waals surface area contributed by atoms with Crippen molar-refractivity contribution in [1.29, 1.82) is 0 Å². The first-order chi connectivity index (χ1) is 8.06. The Morgan fingerprint density at radius 2 is 2.00 bits per heavy atom. The molecule has 1 fully saturated rings. The molecule has 0 saturated heterocycles. The highest BCUT2D eigenvalue weighted by Gasteiger charge is 2.24. The van der Waals surface area contributed by atoms with E-state index >= 15 is 0 Å². The minimum atomic E-state index is 0.299. The summed E-state index contributed by atoms with van der Waals surface area (Å²) in [4.78, 5) is 8.74. The maximum Gasteiger partial charge on any atom is 0.135 e. The molecule has 0 bridgehead atoms. The lowest BCUT2D eigenvalue weighted by atomic mass is 9.80. The molecule has 0 amide bonds. The monoisotopic (exact) mass is 253 g/mol. The van der Waals surface area contributed by atoms with Crippen molar-refractivity contribution < 1.29 is 0 Å². The fraction of sp³-hybridized carbons (Fsp3) is 0.692. The second kappa shape index (κ2) is 5.21. The van der Waals surface area contributed by atoms with Crippen LogP contribution in [-0.4, -0.2) is 16.0 Å². The zero-order valence-corrected chi connectivity index (χ0v) is 11.5. The quantitative estimate of drug-likeness (QED) is 0.829. The van der Waals surface area contributed by atoms with Gasteiger partial charge in [0.1, 0.15) is 16.8 Å². The molecule has 1 N–H and O–H groups in total. The second-order valence-electron chi connectivity index (χ2n) is 5.21. The zero-order valence-electron chi connectivity index (χ0n) is 10.7. The lowest BCUT2D eigenvalue weighted by Crippen LogP contribution is -2.31. The first-order valence-electron chi connectivity index (χ1n) is 6.37. The van der Waals surface area contributed by atoms with Crippen molar-refractivity contribution in [2.75, 3.05) is 5.32 Å². The first-order valence-corrected chi connectivity index (χ1v) is 6.75. The molecule has 1 unspecified atom stereocenters. The van der Waals surface area contributed by atoms with Gasteiger partial charge in [-0.15, -0.1) is 0 Å². The van der Waals surface area contributed by atoms with E-state index in [9.17, 15) is 0 Å². The Hall–Kier alpha value is -0.830. The number of rotatable bonds is 4. The highest BCUT2D eigenvalue weighted by molar-refractivity contribution is 6.29. The average Bonchev–Trinajstić information content (AvgIpc) is 2.13. The van der Waals surface area contributed by atoms with Crippen molar-refractivity contribution in [3.05, 3.63) is 17.0 Å². The van der Waals surface area contributed by atoms with Gasteiger partial charge in [0.05, 0.1) is 0 Å². The summed E-state index contributed by atoms with van der Waals surface area (Å²) in [6.07, 6.45) is 4.01. The van der Waals surface area contributed by atoms with Gasteiger partial charge in [-0.05, 0) is 25.7 Å². The molecule has 4 heteroatoms. The largest absolute Gasteiger partial charge is 0.367 e. The normalized spacial score (nSPS) is 17.9. The van der Waals surface area contributed by atoms with E-state index < -0.39 is 0 Å². The van der Waals surface area contributed by atoms with E-state index in [1.807, 2.05) is 6.07 Å². The van der Waals surface area contributed by atoms with Gasteiger partial charge >= 0.3 is 0 Å². The first kappa shape index (κ1) is 12.6. The third-order valence-electron chi connectivity index (χ3n) is 3.46. The predicted octanol–water partition coefficient (Wildman–Crippen LogP) is 3.85. The molecule has 1 aromatic rings. The summed E-state index contributed by atoms with van der Waals surface area (Å²) in [6.45, 7) is 6.37. The number of halogens is 1. The Labute approximate surface area is 108 Å². The number of hydrogen-bond acceptors (Lipinski definition) is 3. The fourth-order valence-corrected chi connectivity index (χ4v) is 2.25. The summed E-state index contributed by atoms with van der Waals surface area (Å²) in [5.41, 5.74) is 0. The number of nitrogens with zero attached hydrogens (tertiary/aromatic N) is 2. The summed E-state index contributed by atoms with van der Waals surface area (Å²) >= 11 is 6.01. The summed E-state index contributed by atoms with van der Waals surface area (Å²) < 4.78 is 0. The Bertz CT molecular complexity index is 388. The van der Waals surface area contributed by atoms with Crippen molar-refractivity contribution in [1.82, 2.24) is 9.97 Å². The number of anilines is 1. The maximum absolute atomic E-state index is 6.01. The van der Waals surface area contributed by atoms with E-state index in [-0.39, 0.29) is 0 Å². The summed E-state index contributed by atoms with van der Waals surface area (Å²) in [5.74, 6) is 2.74. The fourth-order valence-electron chi connectivity index (χ4n) is 2.06. The van der Waals surface area contributed by atoms with Crippen LogP contribution in [0, 0.1) is 5.92 Å². The van der Waals surface area contributed by atoms with Gasteiger partial charge in [0, 0.05) is 18.0 Å². The van der Waals surface area contributed by atoms with Crippen LogP contribution in [0.25, 0.3) is 0 Å². The molecule has 0 radical (unpaired) electrons. The van der Waals surface area contributed by atoms with Gasteiger partial charge in [-0.3, -0.25) is 0 Å². The van der Waals surface area contributed by atoms with Gasteiger partial charge in [-0.25, -0.2) is 9.97 Å². The zero-order chi connectivity index (χ0) is 12.4. The Balaban J connectivity index is 2.08. The molecule has 0 aromatic carbocycles. The van der Waals surface area contributed by atoms with Crippen LogP contribution >= 0.6 is 11.6 Å². The minimum Gasteiger partial charge on any atom is -0.367 e. The van der Waals surface area contributed by atoms with Crippen molar-refractivity contribution >= 4 is 17.4 Å². The van der Waals surface area contributed by atoms with Crippen LogP contribution in [0.3, 0.4) is 0 Å². The average molecular weight is 254 g/mol. The van der Waals surface area contributed by atoms with Crippen molar-refractivity contribution in [3.63, 3.8) is 0 Å². The van der Waals surface area contributed by atoms with Crippen LogP contribution in [0.4, 0.5) is 5.82 Å². The molecule has 1 aliphatic rings. The molecule has 17 heavy (non-hydrogen) atoms. The number of aromatic nitrogens is 2. The van der Waals surface area contributed by atoms with Gasteiger partial charge in [0.25, 0.3) is 0 Å². The Morgan fingerprint density at radius 3 is 2.53 bits per heavy atom. The number of hydrogen-bond donors (Lipinski definition) is 1. The third kappa shape index (κ3) is 3.09. The summed E-state index contributed by atoms with van der Waals surface area (Å²) in [5, 5.41) is 3.96. The topological polar surface area (TPSA) is 37.8 Å². The Morgan fingerprint density at radius 1 is 1.29 bits per heavy atom. The van der Waals surface area contributed by atoms with Gasteiger partial charge in [-0.1, -0.05) is 31.9 Å². The minimum absolute atomic E-state index is 0.299. The van der Waals surface area contributed by atoms with Gasteiger partial charge in [0.2, 0.25) is 0 Å². The second-order valence-corrected chi connectivity index (χ2v) is 5.60. The van der Waals surface area contributed by atoms with E-state index in [4.69, 9.17) is 11.6 Å². The lowest BCUT2D eigenvalue weighted by molar-refractivity contribution is 0.285. The molecule has 3 nitrogen and oxygen atoms in total. The van der Waals surface area contributed by atoms with Crippen LogP contribution < -0.4 is 5.32 Å². The molecule has 0 spiro atoms. The highest BCUT2D eigenvalue weighted by atomic mass is 35.5. The van der Waals surface area contributed by atoms with E-state index in [0.717, 1.165) is 17.6 Å². The van der Waals surface area contributed by atoms with Crippen LogP contribution in [0.15, 0.2) is 6.07 Å². The van der Waals surface area contributed by atoms with Crippen molar-refractivity contribution in [2.45, 2.75) is 52.0 Å². The van der Waals surface area contributed by atoms with Gasteiger partial charge in [0.15, 0.2) is 0 Å². The van der Waals surface area contributed by atoms with E-state index in [1.165, 1.54) is 19.3 Å². The molecule has 1 atom stereocenters. The van der Waals surface area contributed by atoms with Crippen LogP contribution in [0.2, 0.25) is 5.15 Å². The predicted molar refractivity (Wildman–Crippen MR) is 71.6 cm³/mol. The standard InChI is InChI=1S/C13H20ClN3/c1-8(2)13-16-11(14)7-12(17-13)15-9(3)10-5-4-6-10/h7-10H,4-6H2,1-3H3,(H,15,16,17). The van der Waals surface area contributed by atoms with Crippen LogP contribution in [0.5, 0.6) is 0 Å². The van der Waals surface area contributed by atoms with Crippen molar-refractivity contribution in [2.24, 2.45) is 5.92 Å². The van der Waals surface area contributed by atoms with Crippen LogP contribution in [-0.2, 0) is 0 Å². The molecule has 2 rings (SSSR count). The molecule has 1 saturated carbocycles. The Kier molecular flexibility index (Phi) is 3.87. The maximum atomic E-state index is 6.01. The highest BCUT2D eigenvalue weighted by Crippen LogP contribution is 2.31. The van der Waals surface area contributed by atoms with E-state index in [0.29, 0.717) is 17.1 Å². The SMILES string of the molecule is CC(C)c1nc(Cl)cc(NC(C)C2CCC2)n1. The molecule has 0 aliphatic heterocycles. The van der Waals surface area contributed by atoms with Crippen LogP contribution in [0.1, 0.15) is 51.8 Å². The summed E-state index contributed by atoms with van der Waals surface area (Å²) in [6, 6.07) is 2.28. The lowest BCUT2D eigenvalue weighted by Gasteiger charge is -2.32. The molecule has 1 aliphatic carbocycles. The van der Waals surface area contributed by atoms with Gasteiger partial charge < -0.3 is 5.32 Å². The van der Waals surface area contributed by atoms with Crippen molar-refractivity contribution in [3.8, 4) is 0 Å². The van der Waals surface area contributed by atoms with E-state index in [1.54, 1.807) is 0 Å². The molecular weight excluding hydrogens is 234 g/mol. The molecule has 1 aromatic heterocycles. The third-order valence-corrected chi connectivity index (χ3v) is 3.65. The smallest absolute Gasteiger partial charge is 0.135 e. The van der Waals surface area contributed by atoms with Gasteiger partial charge in [-0.2, -0.15) is 0 Å². The molecule has 1 heterocycles. The van der Waals surface area contributed by atoms with E-state index in [2.05, 4.69) is 36.1 Å². The summed E-state index contributed by atoms with van der Waals surface area (Å²) in [7, 11) is 0. The molecular formula is C13H20ClN3. The number of nitrogens with one attached hydrogen (secondary N) is 1. The molecule has 94 valence electrons.